The van der Waals surface area contributed by atoms with Crippen LogP contribution < -0.4 is 0 Å². The number of aromatic nitrogens is 1. The highest BCUT2D eigenvalue weighted by molar-refractivity contribution is 7.12. The van der Waals surface area contributed by atoms with Crippen molar-refractivity contribution in [3.63, 3.8) is 0 Å². The predicted molar refractivity (Wildman–Crippen MR) is 92.9 cm³/mol. The Hall–Kier alpha value is -2.39. The number of benzene rings is 2. The summed E-state index contributed by atoms with van der Waals surface area (Å²) in [7, 11) is 2.07. The maximum Gasteiger partial charge on any atom is 0.202 e. The molecular weight excluding hydrogens is 290 g/mol. The van der Waals surface area contributed by atoms with Gasteiger partial charge in [0.15, 0.2) is 0 Å². The highest BCUT2D eigenvalue weighted by atomic mass is 32.1. The summed E-state index contributed by atoms with van der Waals surface area (Å²) in [6.45, 7) is 2.10. The molecule has 2 aromatic heterocycles. The van der Waals surface area contributed by atoms with E-state index in [0.717, 1.165) is 21.3 Å². The summed E-state index contributed by atoms with van der Waals surface area (Å²) < 4.78 is 2.18. The third-order valence-corrected chi connectivity index (χ3v) is 5.04. The zero-order valence-electron chi connectivity index (χ0n) is 12.5. The molecule has 4 aromatic rings. The molecule has 0 amide bonds. The maximum atomic E-state index is 12.6. The van der Waals surface area contributed by atoms with Crippen LogP contribution in [0.5, 0.6) is 0 Å². The Kier molecular flexibility index (Phi) is 2.91. The summed E-state index contributed by atoms with van der Waals surface area (Å²) in [6.07, 6.45) is 0. The highest BCUT2D eigenvalue weighted by Gasteiger charge is 2.14. The highest BCUT2D eigenvalue weighted by Crippen LogP contribution is 2.30. The predicted octanol–water partition coefficient (Wildman–Crippen LogP) is 4.93. The van der Waals surface area contributed by atoms with Crippen molar-refractivity contribution in [3.05, 3.63) is 69.9 Å². The Morgan fingerprint density at radius 1 is 1.00 bits per heavy atom. The summed E-state index contributed by atoms with van der Waals surface area (Å²) in [6, 6.07) is 16.3. The standard InChI is InChI=1S/C19H15NOS/c1-12-5-7-16-14(10-12)15-11-13(6-8-17(15)20(16)2)19(21)18-4-3-9-22-18/h3-11H,1-2H3. The Morgan fingerprint density at radius 3 is 2.45 bits per heavy atom. The van der Waals surface area contributed by atoms with Crippen LogP contribution in [0.2, 0.25) is 0 Å². The van der Waals surface area contributed by atoms with Crippen molar-refractivity contribution in [3.8, 4) is 0 Å². The summed E-state index contributed by atoms with van der Waals surface area (Å²) in [5.41, 5.74) is 4.34. The fourth-order valence-electron chi connectivity index (χ4n) is 3.02. The Morgan fingerprint density at radius 2 is 1.73 bits per heavy atom. The second-order valence-electron chi connectivity index (χ2n) is 5.62. The van der Waals surface area contributed by atoms with Gasteiger partial charge in [-0.05, 0) is 48.7 Å². The zero-order chi connectivity index (χ0) is 15.3. The van der Waals surface area contributed by atoms with Crippen molar-refractivity contribution in [2.24, 2.45) is 7.05 Å². The number of rotatable bonds is 2. The van der Waals surface area contributed by atoms with Crippen molar-refractivity contribution in [2.75, 3.05) is 0 Å². The Bertz CT molecular complexity index is 1010. The molecule has 0 saturated heterocycles. The lowest BCUT2D eigenvalue weighted by atomic mass is 10.0. The minimum Gasteiger partial charge on any atom is -0.344 e. The number of carbonyl (C=O) groups excluding carboxylic acids is 1. The molecule has 2 heterocycles. The van der Waals surface area contributed by atoms with Gasteiger partial charge in [-0.2, -0.15) is 0 Å². The summed E-state index contributed by atoms with van der Waals surface area (Å²) in [5.74, 6) is 0.0987. The molecule has 22 heavy (non-hydrogen) atoms. The monoisotopic (exact) mass is 305 g/mol. The zero-order valence-corrected chi connectivity index (χ0v) is 13.3. The largest absolute Gasteiger partial charge is 0.344 e. The molecule has 0 aliphatic heterocycles. The van der Waals surface area contributed by atoms with E-state index < -0.39 is 0 Å². The lowest BCUT2D eigenvalue weighted by Gasteiger charge is -2.00. The molecule has 0 fully saturated rings. The molecule has 3 heteroatoms. The van der Waals surface area contributed by atoms with Crippen LogP contribution in [0.4, 0.5) is 0 Å². The van der Waals surface area contributed by atoms with Gasteiger partial charge >= 0.3 is 0 Å². The van der Waals surface area contributed by atoms with Gasteiger partial charge in [0.25, 0.3) is 0 Å². The van der Waals surface area contributed by atoms with Gasteiger partial charge in [0.05, 0.1) is 4.88 Å². The van der Waals surface area contributed by atoms with Crippen molar-refractivity contribution in [1.82, 2.24) is 4.57 Å². The van der Waals surface area contributed by atoms with Gasteiger partial charge < -0.3 is 4.57 Å². The normalized spacial score (nSPS) is 11.4. The number of nitrogens with zero attached hydrogens (tertiary/aromatic N) is 1. The van der Waals surface area contributed by atoms with E-state index in [1.165, 1.54) is 27.8 Å². The van der Waals surface area contributed by atoms with E-state index in [1.54, 1.807) is 0 Å². The topological polar surface area (TPSA) is 22.0 Å². The maximum absolute atomic E-state index is 12.6. The van der Waals surface area contributed by atoms with Crippen molar-refractivity contribution < 1.29 is 4.79 Å². The fourth-order valence-corrected chi connectivity index (χ4v) is 3.71. The van der Waals surface area contributed by atoms with Gasteiger partial charge in [0, 0.05) is 34.4 Å². The summed E-state index contributed by atoms with van der Waals surface area (Å²) >= 11 is 1.49. The third kappa shape index (κ3) is 1.90. The Balaban J connectivity index is 1.99. The number of hydrogen-bond acceptors (Lipinski definition) is 2. The first-order valence-electron chi connectivity index (χ1n) is 7.22. The number of thiophene rings is 1. The summed E-state index contributed by atoms with van der Waals surface area (Å²) in [5, 5.41) is 4.29. The first kappa shape index (κ1) is 13.3. The van der Waals surface area contributed by atoms with Crippen molar-refractivity contribution in [1.29, 1.82) is 0 Å². The van der Waals surface area contributed by atoms with Crippen LogP contribution >= 0.6 is 11.3 Å². The van der Waals surface area contributed by atoms with E-state index in [1.807, 2.05) is 35.7 Å². The lowest BCUT2D eigenvalue weighted by Crippen LogP contribution is -1.98. The molecule has 0 N–H and O–H groups in total. The number of ketones is 1. The van der Waals surface area contributed by atoms with E-state index in [0.29, 0.717) is 0 Å². The lowest BCUT2D eigenvalue weighted by molar-refractivity contribution is 0.104. The average Bonchev–Trinajstić information content (AvgIpc) is 3.15. The molecule has 0 unspecified atom stereocenters. The molecule has 4 rings (SSSR count). The van der Waals surface area contributed by atoms with Crippen LogP contribution in [0.3, 0.4) is 0 Å². The van der Waals surface area contributed by atoms with Crippen LogP contribution in [0.15, 0.2) is 53.9 Å². The van der Waals surface area contributed by atoms with Crippen LogP contribution in [-0.2, 0) is 7.05 Å². The SMILES string of the molecule is Cc1ccc2c(c1)c1cc(C(=O)c3cccs3)ccc1n2C. The first-order chi connectivity index (χ1) is 10.6. The Labute approximate surface area is 132 Å². The number of carbonyl (C=O) groups is 1. The average molecular weight is 305 g/mol. The van der Waals surface area contributed by atoms with E-state index >= 15 is 0 Å². The van der Waals surface area contributed by atoms with Crippen molar-refractivity contribution >= 4 is 38.9 Å². The number of fused-ring (bicyclic) bond motifs is 3. The van der Waals surface area contributed by atoms with Crippen LogP contribution in [0, 0.1) is 6.92 Å². The van der Waals surface area contributed by atoms with Crippen molar-refractivity contribution in [2.45, 2.75) is 6.92 Å². The third-order valence-electron chi connectivity index (χ3n) is 4.17. The fraction of sp³-hybridized carbons (Fsp3) is 0.105. The molecule has 0 aliphatic rings. The minimum atomic E-state index is 0.0987. The first-order valence-corrected chi connectivity index (χ1v) is 8.10. The van der Waals surface area contributed by atoms with Gasteiger partial charge in [0.2, 0.25) is 5.78 Å². The van der Waals surface area contributed by atoms with Crippen LogP contribution in [-0.4, -0.2) is 10.4 Å². The smallest absolute Gasteiger partial charge is 0.202 e. The van der Waals surface area contributed by atoms with Crippen LogP contribution in [0.25, 0.3) is 21.8 Å². The number of aryl methyl sites for hydroxylation is 2. The van der Waals surface area contributed by atoms with E-state index in [9.17, 15) is 4.79 Å². The molecule has 0 atom stereocenters. The van der Waals surface area contributed by atoms with Gasteiger partial charge in [-0.1, -0.05) is 17.7 Å². The second-order valence-corrected chi connectivity index (χ2v) is 6.57. The minimum absolute atomic E-state index is 0.0987. The van der Waals surface area contributed by atoms with E-state index in [4.69, 9.17) is 0 Å². The molecule has 2 aromatic carbocycles. The molecule has 0 spiro atoms. The number of hydrogen-bond donors (Lipinski definition) is 0. The molecule has 2 nitrogen and oxygen atoms in total. The summed E-state index contributed by atoms with van der Waals surface area (Å²) in [4.78, 5) is 13.4. The molecule has 0 aliphatic carbocycles. The van der Waals surface area contributed by atoms with Gasteiger partial charge in [0.1, 0.15) is 0 Å². The van der Waals surface area contributed by atoms with Gasteiger partial charge in [-0.15, -0.1) is 11.3 Å². The van der Waals surface area contributed by atoms with E-state index in [2.05, 4.69) is 36.7 Å². The van der Waals surface area contributed by atoms with Gasteiger partial charge in [-0.3, -0.25) is 4.79 Å². The quantitative estimate of drug-likeness (QED) is 0.481. The second kappa shape index (κ2) is 4.82. The van der Waals surface area contributed by atoms with Gasteiger partial charge in [-0.25, -0.2) is 0 Å². The molecule has 0 saturated carbocycles. The molecule has 0 radical (unpaired) electrons. The van der Waals surface area contributed by atoms with Crippen LogP contribution in [0.1, 0.15) is 20.8 Å². The van der Waals surface area contributed by atoms with E-state index in [-0.39, 0.29) is 5.78 Å². The molecular formula is C19H15NOS. The molecule has 108 valence electrons. The molecule has 0 bridgehead atoms.